The monoisotopic (exact) mass is 464 g/mol. The maximum absolute atomic E-state index is 12.8. The van der Waals surface area contributed by atoms with Gasteiger partial charge in [0.15, 0.2) is 0 Å². The van der Waals surface area contributed by atoms with E-state index in [0.717, 1.165) is 27.8 Å². The third-order valence-electron chi connectivity index (χ3n) is 5.20. The highest BCUT2D eigenvalue weighted by Gasteiger charge is 2.19. The van der Waals surface area contributed by atoms with Gasteiger partial charge in [0, 0.05) is 10.4 Å². The van der Waals surface area contributed by atoms with Crippen molar-refractivity contribution in [3.8, 4) is 0 Å². The van der Waals surface area contributed by atoms with Crippen LogP contribution in [0.5, 0.6) is 0 Å². The first-order valence-electron chi connectivity index (χ1n) is 10.3. The van der Waals surface area contributed by atoms with Gasteiger partial charge in [-0.15, -0.1) is 11.3 Å². The Morgan fingerprint density at radius 1 is 0.938 bits per heavy atom. The van der Waals surface area contributed by atoms with E-state index < -0.39 is 10.0 Å². The van der Waals surface area contributed by atoms with Crippen LogP contribution in [0.3, 0.4) is 0 Å². The summed E-state index contributed by atoms with van der Waals surface area (Å²) in [5, 5.41) is 3.76. The zero-order valence-corrected chi connectivity index (χ0v) is 19.5. The smallest absolute Gasteiger partial charge is 0.265 e. The second kappa shape index (κ2) is 9.14. The third kappa shape index (κ3) is 5.00. The molecule has 3 aromatic carbocycles. The molecule has 0 atom stereocenters. The molecule has 0 aliphatic carbocycles. The summed E-state index contributed by atoms with van der Waals surface area (Å²) < 4.78 is 27.3. The number of fused-ring (bicyclic) bond motifs is 1. The van der Waals surface area contributed by atoms with E-state index in [-0.39, 0.29) is 12.5 Å². The number of carbonyl (C=O) groups excluding carboxylic acids is 1. The van der Waals surface area contributed by atoms with Crippen LogP contribution in [0.4, 0.5) is 11.4 Å². The Morgan fingerprint density at radius 3 is 2.31 bits per heavy atom. The summed E-state index contributed by atoms with van der Waals surface area (Å²) in [7, 11) is -3.48. The van der Waals surface area contributed by atoms with Crippen molar-refractivity contribution in [2.75, 3.05) is 15.9 Å². The average Bonchev–Trinajstić information content (AvgIpc) is 3.21. The van der Waals surface area contributed by atoms with Gasteiger partial charge in [-0.3, -0.25) is 9.10 Å². The van der Waals surface area contributed by atoms with Crippen molar-refractivity contribution in [3.05, 3.63) is 94.9 Å². The molecular formula is C25H24N2O3S2. The first-order chi connectivity index (χ1) is 15.3. The Bertz CT molecular complexity index is 1350. The first-order valence-corrected chi connectivity index (χ1v) is 13.0. The Kier molecular flexibility index (Phi) is 6.30. The van der Waals surface area contributed by atoms with E-state index in [9.17, 15) is 13.2 Å². The number of sulfonamides is 1. The van der Waals surface area contributed by atoms with Gasteiger partial charge in [-0.25, -0.2) is 8.42 Å². The second-order valence-electron chi connectivity index (χ2n) is 7.59. The molecule has 0 saturated carbocycles. The Hall–Kier alpha value is -3.16. The van der Waals surface area contributed by atoms with E-state index in [0.29, 0.717) is 10.6 Å². The number of carbonyl (C=O) groups is 1. The number of rotatable bonds is 7. The third-order valence-corrected chi connectivity index (χ3v) is 7.46. The van der Waals surface area contributed by atoms with Gasteiger partial charge in [-0.2, -0.15) is 0 Å². The molecule has 0 saturated heterocycles. The van der Waals surface area contributed by atoms with E-state index in [2.05, 4.69) is 12.2 Å². The number of nitrogens with zero attached hydrogens (tertiary/aromatic N) is 1. The van der Waals surface area contributed by atoms with Crippen molar-refractivity contribution in [1.82, 2.24) is 0 Å². The maximum Gasteiger partial charge on any atom is 0.265 e. The van der Waals surface area contributed by atoms with Crippen molar-refractivity contribution >= 4 is 48.7 Å². The highest BCUT2D eigenvalue weighted by atomic mass is 32.2. The predicted octanol–water partition coefficient (Wildman–Crippen LogP) is 5.68. The van der Waals surface area contributed by atoms with Crippen molar-refractivity contribution in [3.63, 3.8) is 0 Å². The molecule has 32 heavy (non-hydrogen) atoms. The number of thiophene rings is 1. The minimum atomic E-state index is -3.48. The molecule has 1 heterocycles. The van der Waals surface area contributed by atoms with E-state index in [1.807, 2.05) is 72.8 Å². The van der Waals surface area contributed by atoms with E-state index in [1.54, 1.807) is 6.07 Å². The number of hydrogen-bond acceptors (Lipinski definition) is 4. The van der Waals surface area contributed by atoms with Crippen LogP contribution in [0.2, 0.25) is 0 Å². The molecule has 5 nitrogen and oxygen atoms in total. The lowest BCUT2D eigenvalue weighted by molar-refractivity contribution is 0.103. The summed E-state index contributed by atoms with van der Waals surface area (Å²) in [6, 6.07) is 24.6. The minimum Gasteiger partial charge on any atom is -0.321 e. The lowest BCUT2D eigenvalue weighted by atomic mass is 10.1. The molecule has 164 valence electrons. The Balaban J connectivity index is 1.60. The van der Waals surface area contributed by atoms with Crippen LogP contribution in [-0.4, -0.2) is 20.6 Å². The van der Waals surface area contributed by atoms with Crippen molar-refractivity contribution in [2.45, 2.75) is 19.9 Å². The van der Waals surface area contributed by atoms with Gasteiger partial charge in [0.25, 0.3) is 5.91 Å². The van der Waals surface area contributed by atoms with Gasteiger partial charge in [0.05, 0.1) is 23.4 Å². The van der Waals surface area contributed by atoms with Crippen LogP contribution in [0.15, 0.2) is 78.9 Å². The molecule has 0 bridgehead atoms. The lowest BCUT2D eigenvalue weighted by Gasteiger charge is -2.22. The van der Waals surface area contributed by atoms with Crippen LogP contribution in [0.1, 0.15) is 27.7 Å². The van der Waals surface area contributed by atoms with E-state index in [4.69, 9.17) is 0 Å². The molecule has 0 unspecified atom stereocenters. The van der Waals surface area contributed by atoms with E-state index >= 15 is 0 Å². The SMILES string of the molecule is CCc1ccc(NC(=O)c2cc3cc(N(Cc4ccccc4)S(C)(=O)=O)ccc3s2)cc1. The number of benzene rings is 3. The molecule has 1 aromatic heterocycles. The summed E-state index contributed by atoms with van der Waals surface area (Å²) in [5.74, 6) is -0.179. The fourth-order valence-corrected chi connectivity index (χ4v) is 5.28. The Morgan fingerprint density at radius 2 is 1.66 bits per heavy atom. The van der Waals surface area contributed by atoms with E-state index in [1.165, 1.54) is 27.5 Å². The van der Waals surface area contributed by atoms with Crippen LogP contribution >= 0.6 is 11.3 Å². The standard InChI is InChI=1S/C25H24N2O3S2/c1-3-18-9-11-21(12-10-18)26-25(28)24-16-20-15-22(13-14-23(20)31-24)27(32(2,29)30)17-19-7-5-4-6-8-19/h4-16H,3,17H2,1-2H3,(H,26,28). The molecule has 0 fully saturated rings. The van der Waals surface area contributed by atoms with Gasteiger partial charge >= 0.3 is 0 Å². The van der Waals surface area contributed by atoms with Crippen LogP contribution in [-0.2, 0) is 23.0 Å². The van der Waals surface area contributed by atoms with Gasteiger partial charge in [-0.1, -0.05) is 49.4 Å². The molecule has 4 rings (SSSR count). The quantitative estimate of drug-likeness (QED) is 0.382. The van der Waals surface area contributed by atoms with Gasteiger partial charge in [0.1, 0.15) is 0 Å². The number of hydrogen-bond donors (Lipinski definition) is 1. The highest BCUT2D eigenvalue weighted by Crippen LogP contribution is 2.31. The number of amides is 1. The van der Waals surface area contributed by atoms with Crippen molar-refractivity contribution < 1.29 is 13.2 Å². The van der Waals surface area contributed by atoms with Crippen LogP contribution < -0.4 is 9.62 Å². The maximum atomic E-state index is 12.8. The highest BCUT2D eigenvalue weighted by molar-refractivity contribution is 7.92. The summed E-state index contributed by atoms with van der Waals surface area (Å²) in [6.45, 7) is 2.33. The van der Waals surface area contributed by atoms with Crippen LogP contribution in [0.25, 0.3) is 10.1 Å². The average molecular weight is 465 g/mol. The summed E-state index contributed by atoms with van der Waals surface area (Å²) in [5.41, 5.74) is 3.43. The lowest BCUT2D eigenvalue weighted by Crippen LogP contribution is -2.29. The largest absolute Gasteiger partial charge is 0.321 e. The summed E-state index contributed by atoms with van der Waals surface area (Å²) in [4.78, 5) is 13.3. The van der Waals surface area contributed by atoms with Gasteiger partial charge < -0.3 is 5.32 Å². The predicted molar refractivity (Wildman–Crippen MR) is 133 cm³/mol. The second-order valence-corrected chi connectivity index (χ2v) is 10.6. The zero-order chi connectivity index (χ0) is 22.7. The fraction of sp³-hybridized carbons (Fsp3) is 0.160. The van der Waals surface area contributed by atoms with Crippen LogP contribution in [0, 0.1) is 0 Å². The summed E-state index contributed by atoms with van der Waals surface area (Å²) in [6.07, 6.45) is 2.15. The Labute approximate surface area is 192 Å². The molecule has 0 radical (unpaired) electrons. The molecule has 0 aliphatic heterocycles. The minimum absolute atomic E-state index is 0.179. The number of aryl methyl sites for hydroxylation is 1. The van der Waals surface area contributed by atoms with Crippen molar-refractivity contribution in [2.24, 2.45) is 0 Å². The summed E-state index contributed by atoms with van der Waals surface area (Å²) >= 11 is 1.38. The fourth-order valence-electron chi connectivity index (χ4n) is 3.46. The molecule has 0 aliphatic rings. The zero-order valence-electron chi connectivity index (χ0n) is 17.9. The molecule has 7 heteroatoms. The van der Waals surface area contributed by atoms with Crippen molar-refractivity contribution in [1.29, 1.82) is 0 Å². The normalized spacial score (nSPS) is 11.4. The first kappa shape index (κ1) is 22.0. The molecule has 0 spiro atoms. The topological polar surface area (TPSA) is 66.5 Å². The molecule has 1 N–H and O–H groups in total. The van der Waals surface area contributed by atoms with Gasteiger partial charge in [0.2, 0.25) is 10.0 Å². The molecule has 4 aromatic rings. The molecular weight excluding hydrogens is 440 g/mol. The van der Waals surface area contributed by atoms with Gasteiger partial charge in [-0.05, 0) is 59.3 Å². The molecule has 1 amide bonds. The number of anilines is 2. The number of nitrogens with one attached hydrogen (secondary N) is 1.